The molecule has 0 aromatic heterocycles. The highest BCUT2D eigenvalue weighted by Crippen LogP contribution is 2.33. The van der Waals surface area contributed by atoms with Gasteiger partial charge in [0, 0.05) is 6.61 Å². The third kappa shape index (κ3) is 1.80. The van der Waals surface area contributed by atoms with E-state index in [-0.39, 0.29) is 5.60 Å². The van der Waals surface area contributed by atoms with Crippen LogP contribution in [0.2, 0.25) is 0 Å². The van der Waals surface area contributed by atoms with E-state index in [1.165, 1.54) is 45.1 Å². The SMILES string of the molecule is C1CCC2(CCCNCC2)OC1. The van der Waals surface area contributed by atoms with Crippen LogP contribution in [0.1, 0.15) is 38.5 Å². The number of rotatable bonds is 0. The number of ether oxygens (including phenoxy) is 1. The molecule has 0 aromatic rings. The molecule has 0 aromatic carbocycles. The average molecular weight is 169 g/mol. The molecule has 1 N–H and O–H groups in total. The molecule has 2 heterocycles. The molecule has 2 aliphatic rings. The summed E-state index contributed by atoms with van der Waals surface area (Å²) >= 11 is 0. The van der Waals surface area contributed by atoms with Gasteiger partial charge in [0.25, 0.3) is 0 Å². The highest BCUT2D eigenvalue weighted by molar-refractivity contribution is 4.86. The molecule has 1 atom stereocenters. The van der Waals surface area contributed by atoms with Crippen molar-refractivity contribution in [1.82, 2.24) is 5.32 Å². The lowest BCUT2D eigenvalue weighted by molar-refractivity contribution is -0.0852. The second-order valence-corrected chi connectivity index (χ2v) is 4.09. The summed E-state index contributed by atoms with van der Waals surface area (Å²) in [6.45, 7) is 3.34. The quantitative estimate of drug-likeness (QED) is 0.596. The first kappa shape index (κ1) is 8.52. The van der Waals surface area contributed by atoms with E-state index < -0.39 is 0 Å². The molecule has 2 saturated heterocycles. The van der Waals surface area contributed by atoms with Gasteiger partial charge in [0.15, 0.2) is 0 Å². The van der Waals surface area contributed by atoms with Crippen molar-refractivity contribution < 1.29 is 4.74 Å². The predicted molar refractivity (Wildman–Crippen MR) is 49.3 cm³/mol. The van der Waals surface area contributed by atoms with E-state index in [0.29, 0.717) is 0 Å². The molecule has 2 nitrogen and oxygen atoms in total. The van der Waals surface area contributed by atoms with Crippen LogP contribution in [0.25, 0.3) is 0 Å². The Kier molecular flexibility index (Phi) is 2.66. The first-order chi connectivity index (χ1) is 5.91. The van der Waals surface area contributed by atoms with Crippen LogP contribution in [0, 0.1) is 0 Å². The van der Waals surface area contributed by atoms with Crippen LogP contribution in [-0.4, -0.2) is 25.3 Å². The van der Waals surface area contributed by atoms with Crippen molar-refractivity contribution in [3.63, 3.8) is 0 Å². The third-order valence-corrected chi connectivity index (χ3v) is 3.18. The van der Waals surface area contributed by atoms with Gasteiger partial charge in [0.1, 0.15) is 0 Å². The Bertz CT molecular complexity index is 131. The maximum Gasteiger partial charge on any atom is 0.0695 e. The summed E-state index contributed by atoms with van der Waals surface area (Å²) in [5.74, 6) is 0. The van der Waals surface area contributed by atoms with Crippen LogP contribution in [0.15, 0.2) is 0 Å². The van der Waals surface area contributed by atoms with E-state index in [0.717, 1.165) is 13.2 Å². The van der Waals surface area contributed by atoms with Gasteiger partial charge in [-0.05, 0) is 51.6 Å². The lowest BCUT2D eigenvalue weighted by Crippen LogP contribution is -2.36. The molecule has 70 valence electrons. The molecule has 0 saturated carbocycles. The van der Waals surface area contributed by atoms with Crippen LogP contribution >= 0.6 is 0 Å². The molecule has 0 bridgehead atoms. The van der Waals surface area contributed by atoms with Gasteiger partial charge in [-0.25, -0.2) is 0 Å². The fourth-order valence-corrected chi connectivity index (χ4v) is 2.41. The molecular weight excluding hydrogens is 150 g/mol. The van der Waals surface area contributed by atoms with Gasteiger partial charge in [-0.2, -0.15) is 0 Å². The largest absolute Gasteiger partial charge is 0.375 e. The molecule has 2 aliphatic heterocycles. The molecule has 2 fully saturated rings. The maximum absolute atomic E-state index is 5.95. The summed E-state index contributed by atoms with van der Waals surface area (Å²) in [5, 5.41) is 3.44. The Hall–Kier alpha value is -0.0800. The summed E-state index contributed by atoms with van der Waals surface area (Å²) in [4.78, 5) is 0. The van der Waals surface area contributed by atoms with Gasteiger partial charge in [0.05, 0.1) is 5.60 Å². The molecule has 2 heteroatoms. The number of hydrogen-bond donors (Lipinski definition) is 1. The van der Waals surface area contributed by atoms with Gasteiger partial charge in [-0.3, -0.25) is 0 Å². The second kappa shape index (κ2) is 3.75. The van der Waals surface area contributed by atoms with Crippen molar-refractivity contribution in [2.75, 3.05) is 19.7 Å². The lowest BCUT2D eigenvalue weighted by Gasteiger charge is -2.36. The Balaban J connectivity index is 1.95. The molecule has 12 heavy (non-hydrogen) atoms. The van der Waals surface area contributed by atoms with Crippen molar-refractivity contribution in [2.45, 2.75) is 44.1 Å². The third-order valence-electron chi connectivity index (χ3n) is 3.18. The molecule has 0 aliphatic carbocycles. The van der Waals surface area contributed by atoms with Crippen molar-refractivity contribution in [2.24, 2.45) is 0 Å². The van der Waals surface area contributed by atoms with Crippen molar-refractivity contribution in [3.05, 3.63) is 0 Å². The predicted octanol–water partition coefficient (Wildman–Crippen LogP) is 1.70. The van der Waals surface area contributed by atoms with E-state index >= 15 is 0 Å². The monoisotopic (exact) mass is 169 g/mol. The lowest BCUT2D eigenvalue weighted by atomic mass is 9.87. The first-order valence-electron chi connectivity index (χ1n) is 5.26. The van der Waals surface area contributed by atoms with Crippen molar-refractivity contribution in [3.8, 4) is 0 Å². The fourth-order valence-electron chi connectivity index (χ4n) is 2.41. The second-order valence-electron chi connectivity index (χ2n) is 4.09. The van der Waals surface area contributed by atoms with Crippen LogP contribution in [0.4, 0.5) is 0 Å². The smallest absolute Gasteiger partial charge is 0.0695 e. The molecular formula is C10H19NO. The molecule has 0 radical (unpaired) electrons. The van der Waals surface area contributed by atoms with Gasteiger partial charge < -0.3 is 10.1 Å². The zero-order valence-corrected chi connectivity index (χ0v) is 7.77. The van der Waals surface area contributed by atoms with Gasteiger partial charge in [-0.1, -0.05) is 0 Å². The van der Waals surface area contributed by atoms with Crippen LogP contribution < -0.4 is 5.32 Å². The molecule has 1 unspecified atom stereocenters. The highest BCUT2D eigenvalue weighted by atomic mass is 16.5. The standard InChI is InChI=1S/C10H19NO/c1-2-9-12-10(4-1)5-3-7-11-8-6-10/h11H,1-9H2. The van der Waals surface area contributed by atoms with Gasteiger partial charge in [0.2, 0.25) is 0 Å². The summed E-state index contributed by atoms with van der Waals surface area (Å²) in [6, 6.07) is 0. The minimum absolute atomic E-state index is 0.280. The van der Waals surface area contributed by atoms with Crippen LogP contribution in [-0.2, 0) is 4.74 Å². The minimum Gasteiger partial charge on any atom is -0.375 e. The van der Waals surface area contributed by atoms with Crippen molar-refractivity contribution in [1.29, 1.82) is 0 Å². The van der Waals surface area contributed by atoms with Gasteiger partial charge in [-0.15, -0.1) is 0 Å². The summed E-state index contributed by atoms with van der Waals surface area (Å²) < 4.78 is 5.95. The zero-order valence-electron chi connectivity index (χ0n) is 7.77. The highest BCUT2D eigenvalue weighted by Gasteiger charge is 2.33. The van der Waals surface area contributed by atoms with Crippen LogP contribution in [0.5, 0.6) is 0 Å². The Labute approximate surface area is 74.7 Å². The Morgan fingerprint density at radius 2 is 1.83 bits per heavy atom. The normalized spacial score (nSPS) is 38.0. The van der Waals surface area contributed by atoms with E-state index in [1.807, 2.05) is 0 Å². The Morgan fingerprint density at radius 1 is 0.917 bits per heavy atom. The average Bonchev–Trinajstić information content (AvgIpc) is 2.33. The van der Waals surface area contributed by atoms with E-state index in [9.17, 15) is 0 Å². The number of nitrogens with one attached hydrogen (secondary N) is 1. The van der Waals surface area contributed by atoms with E-state index in [1.54, 1.807) is 0 Å². The summed E-state index contributed by atoms with van der Waals surface area (Å²) in [7, 11) is 0. The Morgan fingerprint density at radius 3 is 2.67 bits per heavy atom. The minimum atomic E-state index is 0.280. The van der Waals surface area contributed by atoms with Crippen LogP contribution in [0.3, 0.4) is 0 Å². The summed E-state index contributed by atoms with van der Waals surface area (Å²) in [5.41, 5.74) is 0.280. The van der Waals surface area contributed by atoms with E-state index in [4.69, 9.17) is 4.74 Å². The topological polar surface area (TPSA) is 21.3 Å². The van der Waals surface area contributed by atoms with E-state index in [2.05, 4.69) is 5.32 Å². The van der Waals surface area contributed by atoms with Gasteiger partial charge >= 0.3 is 0 Å². The fraction of sp³-hybridized carbons (Fsp3) is 1.00. The number of hydrogen-bond acceptors (Lipinski definition) is 2. The zero-order chi connectivity index (χ0) is 8.28. The first-order valence-corrected chi connectivity index (χ1v) is 5.26. The van der Waals surface area contributed by atoms with Crippen molar-refractivity contribution >= 4 is 0 Å². The maximum atomic E-state index is 5.95. The molecule has 2 rings (SSSR count). The molecule has 0 amide bonds. The summed E-state index contributed by atoms with van der Waals surface area (Å²) in [6.07, 6.45) is 7.75. The molecule has 1 spiro atoms.